The summed E-state index contributed by atoms with van der Waals surface area (Å²) in [6.45, 7) is 6.74. The normalized spacial score (nSPS) is 19.4. The van der Waals surface area contributed by atoms with Crippen LogP contribution >= 0.6 is 0 Å². The topological polar surface area (TPSA) is 48.0 Å². The van der Waals surface area contributed by atoms with Gasteiger partial charge in [-0.15, -0.1) is 0 Å². The number of carbonyl (C=O) groups is 1. The van der Waals surface area contributed by atoms with E-state index in [4.69, 9.17) is 14.2 Å². The summed E-state index contributed by atoms with van der Waals surface area (Å²) in [6.07, 6.45) is 1.72. The lowest BCUT2D eigenvalue weighted by Crippen LogP contribution is -2.24. The zero-order chi connectivity index (χ0) is 19.5. The molecule has 2 heterocycles. The van der Waals surface area contributed by atoms with Gasteiger partial charge >= 0.3 is 0 Å². The first-order valence-corrected chi connectivity index (χ1v) is 9.99. The molecule has 0 N–H and O–H groups in total. The summed E-state index contributed by atoms with van der Waals surface area (Å²) in [5.74, 6) is 2.99. The number of rotatable bonds is 6. The summed E-state index contributed by atoms with van der Waals surface area (Å²) < 4.78 is 17.5. The molecular formula is C23H27NO4. The summed E-state index contributed by atoms with van der Waals surface area (Å²) in [5, 5.41) is 0. The number of nitrogens with zero attached hydrogens (tertiary/aromatic N) is 1. The number of ether oxygens (including phenoxy) is 3. The first-order chi connectivity index (χ1) is 13.6. The van der Waals surface area contributed by atoms with Crippen LogP contribution in [0.3, 0.4) is 0 Å². The molecule has 2 aliphatic rings. The Balaban J connectivity index is 1.35. The maximum absolute atomic E-state index is 11.3. The van der Waals surface area contributed by atoms with E-state index in [2.05, 4.69) is 36.1 Å². The highest BCUT2D eigenvalue weighted by molar-refractivity contribution is 5.76. The van der Waals surface area contributed by atoms with E-state index in [-0.39, 0.29) is 17.8 Å². The average Bonchev–Trinajstić information content (AvgIpc) is 3.16. The van der Waals surface area contributed by atoms with Gasteiger partial charge in [0.15, 0.2) is 11.5 Å². The first-order valence-electron chi connectivity index (χ1n) is 9.99. The minimum atomic E-state index is 0.161. The number of hydrogen-bond acceptors (Lipinski definition) is 5. The molecule has 1 unspecified atom stereocenters. The molecule has 5 nitrogen and oxygen atoms in total. The molecule has 0 bridgehead atoms. The van der Waals surface area contributed by atoms with Crippen molar-refractivity contribution in [2.24, 2.45) is 0 Å². The van der Waals surface area contributed by atoms with Crippen LogP contribution in [0.5, 0.6) is 17.2 Å². The molecule has 1 fully saturated rings. The van der Waals surface area contributed by atoms with E-state index in [1.165, 1.54) is 5.56 Å². The van der Waals surface area contributed by atoms with Crippen LogP contribution < -0.4 is 19.1 Å². The van der Waals surface area contributed by atoms with Crippen molar-refractivity contribution in [2.45, 2.75) is 38.7 Å². The highest BCUT2D eigenvalue weighted by Crippen LogP contribution is 2.35. The third kappa shape index (κ3) is 4.24. The van der Waals surface area contributed by atoms with Crippen LogP contribution in [0.15, 0.2) is 42.5 Å². The molecular weight excluding hydrogens is 354 g/mol. The Morgan fingerprint density at radius 1 is 1.14 bits per heavy atom. The van der Waals surface area contributed by atoms with Gasteiger partial charge in [-0.05, 0) is 42.7 Å². The molecule has 0 amide bonds. The fourth-order valence-corrected chi connectivity index (χ4v) is 3.90. The lowest BCUT2D eigenvalue weighted by Gasteiger charge is -2.23. The van der Waals surface area contributed by atoms with Gasteiger partial charge in [-0.3, -0.25) is 0 Å². The van der Waals surface area contributed by atoms with Gasteiger partial charge in [-0.25, -0.2) is 0 Å². The predicted octanol–water partition coefficient (Wildman–Crippen LogP) is 4.20. The van der Waals surface area contributed by atoms with Gasteiger partial charge < -0.3 is 23.9 Å². The second-order valence-corrected chi connectivity index (χ2v) is 7.68. The van der Waals surface area contributed by atoms with E-state index in [1.54, 1.807) is 6.92 Å². The number of fused-ring (bicyclic) bond motifs is 1. The van der Waals surface area contributed by atoms with Gasteiger partial charge in [0.05, 0.1) is 6.54 Å². The van der Waals surface area contributed by atoms with Gasteiger partial charge in [0.25, 0.3) is 0 Å². The van der Waals surface area contributed by atoms with E-state index >= 15 is 0 Å². The third-order valence-corrected chi connectivity index (χ3v) is 5.38. The largest absolute Gasteiger partial charge is 0.489 e. The second kappa shape index (κ2) is 8.13. The molecule has 2 aliphatic heterocycles. The maximum Gasteiger partial charge on any atom is 0.163 e. The van der Waals surface area contributed by atoms with Crippen molar-refractivity contribution in [3.05, 3.63) is 48.0 Å². The van der Waals surface area contributed by atoms with Crippen LogP contribution in [0, 0.1) is 0 Å². The van der Waals surface area contributed by atoms with Crippen molar-refractivity contribution >= 4 is 11.5 Å². The molecule has 0 spiro atoms. The maximum atomic E-state index is 11.3. The van der Waals surface area contributed by atoms with Crippen LogP contribution in [0.4, 0.5) is 5.69 Å². The number of ketones is 1. The summed E-state index contributed by atoms with van der Waals surface area (Å²) >= 11 is 0. The Labute approximate surface area is 166 Å². The van der Waals surface area contributed by atoms with Crippen molar-refractivity contribution in [1.82, 2.24) is 0 Å². The van der Waals surface area contributed by atoms with Gasteiger partial charge in [-0.1, -0.05) is 19.1 Å². The Kier molecular flexibility index (Phi) is 5.42. The summed E-state index contributed by atoms with van der Waals surface area (Å²) in [4.78, 5) is 13.6. The lowest BCUT2D eigenvalue weighted by atomic mass is 9.96. The summed E-state index contributed by atoms with van der Waals surface area (Å²) in [6, 6.07) is 14.3. The van der Waals surface area contributed by atoms with Crippen molar-refractivity contribution in [3.63, 3.8) is 0 Å². The smallest absolute Gasteiger partial charge is 0.163 e. The van der Waals surface area contributed by atoms with Crippen molar-refractivity contribution in [1.29, 1.82) is 0 Å². The molecule has 2 atom stereocenters. The van der Waals surface area contributed by atoms with E-state index in [1.807, 2.05) is 18.2 Å². The van der Waals surface area contributed by atoms with Crippen molar-refractivity contribution in [2.75, 3.05) is 31.2 Å². The zero-order valence-corrected chi connectivity index (χ0v) is 16.5. The third-order valence-electron chi connectivity index (χ3n) is 5.38. The summed E-state index contributed by atoms with van der Waals surface area (Å²) in [5.41, 5.74) is 2.32. The number of benzene rings is 2. The van der Waals surface area contributed by atoms with Crippen LogP contribution in [-0.2, 0) is 4.79 Å². The van der Waals surface area contributed by atoms with Gasteiger partial charge in [0.2, 0.25) is 0 Å². The lowest BCUT2D eigenvalue weighted by molar-refractivity contribution is -0.117. The molecule has 28 heavy (non-hydrogen) atoms. The fraction of sp³-hybridized carbons (Fsp3) is 0.435. The monoisotopic (exact) mass is 381 g/mol. The molecule has 2 aromatic rings. The minimum absolute atomic E-state index is 0.161. The molecule has 0 aliphatic carbocycles. The van der Waals surface area contributed by atoms with Gasteiger partial charge in [-0.2, -0.15) is 0 Å². The molecule has 0 aromatic heterocycles. The fourth-order valence-electron chi connectivity index (χ4n) is 3.90. The number of anilines is 1. The molecule has 4 rings (SSSR count). The molecule has 0 radical (unpaired) electrons. The Bertz CT molecular complexity index is 833. The highest BCUT2D eigenvalue weighted by Gasteiger charge is 2.25. The van der Waals surface area contributed by atoms with Crippen LogP contribution in [-0.4, -0.2) is 38.2 Å². The average molecular weight is 381 g/mol. The van der Waals surface area contributed by atoms with Crippen molar-refractivity contribution in [3.8, 4) is 17.2 Å². The van der Waals surface area contributed by atoms with Crippen LogP contribution in [0.2, 0.25) is 0 Å². The van der Waals surface area contributed by atoms with Crippen LogP contribution in [0.25, 0.3) is 0 Å². The second-order valence-electron chi connectivity index (χ2n) is 7.68. The Morgan fingerprint density at radius 2 is 1.89 bits per heavy atom. The van der Waals surface area contributed by atoms with Crippen molar-refractivity contribution < 1.29 is 19.0 Å². The van der Waals surface area contributed by atoms with Crippen LogP contribution in [0.1, 0.15) is 38.2 Å². The number of Topliss-reactive ketones (excluding diaryl/α,β-unsaturated/α-hetero) is 1. The molecule has 5 heteroatoms. The van der Waals surface area contributed by atoms with E-state index in [0.29, 0.717) is 19.6 Å². The Morgan fingerprint density at radius 3 is 2.64 bits per heavy atom. The standard InChI is InChI=1S/C23H27NO4/c1-16(13-17(2)25)18-3-6-20(7-4-18)28-21-9-10-24(15-21)19-5-8-22-23(14-19)27-12-11-26-22/h3-8,14,16,21H,9-13,15H2,1-2H3/t16-,21?/m1/s1. The van der Waals surface area contributed by atoms with Gasteiger partial charge in [0.1, 0.15) is 30.9 Å². The summed E-state index contributed by atoms with van der Waals surface area (Å²) in [7, 11) is 0. The quantitative estimate of drug-likeness (QED) is 0.751. The number of carbonyl (C=O) groups excluding carboxylic acids is 1. The minimum Gasteiger partial charge on any atom is -0.489 e. The molecule has 1 saturated heterocycles. The Hall–Kier alpha value is -2.69. The first kappa shape index (κ1) is 18.7. The SMILES string of the molecule is CC(=O)C[C@@H](C)c1ccc(OC2CCN(c3ccc4c(c3)OCCO4)C2)cc1. The van der Waals surface area contributed by atoms with E-state index in [0.717, 1.165) is 42.4 Å². The molecule has 148 valence electrons. The predicted molar refractivity (Wildman–Crippen MR) is 109 cm³/mol. The highest BCUT2D eigenvalue weighted by atomic mass is 16.6. The van der Waals surface area contributed by atoms with E-state index in [9.17, 15) is 4.79 Å². The molecule has 2 aromatic carbocycles. The molecule has 0 saturated carbocycles. The van der Waals surface area contributed by atoms with Gasteiger partial charge in [0, 0.05) is 31.1 Å². The van der Waals surface area contributed by atoms with E-state index < -0.39 is 0 Å². The number of hydrogen-bond donors (Lipinski definition) is 0. The zero-order valence-electron chi connectivity index (χ0n) is 16.5.